The molecule has 5 aromatic rings. The Morgan fingerprint density at radius 3 is 1.71 bits per heavy atom. The third-order valence-electron chi connectivity index (χ3n) is 10.9. The molecule has 2 aliphatic rings. The standard InChI is InChI=1S/C24H22Cl2N4.C23H31N5.3C2H6.CH3.Y/c25-20-10-6-17(7-11-20)15-28-23(14-27)30-16-22(18-4-2-1-3-5-18)24(29-30)19-8-12-21(26)13-9-19;1-5-27(4)17-25-21(16-24)28-18(2)23(3,20-14-10-7-11-15-20)22(26-28)19-12-8-6-9-13-19;3*1-2;;/h1-13,22H,14-16,27H2;6-15,18H,5,16-17,24H2,1-4H3;3*1-2H3;1H3;/q;;;;;-1;. The first-order valence-electron chi connectivity index (χ1n) is 22.7. The van der Waals surface area contributed by atoms with Gasteiger partial charge in [-0.1, -0.05) is 187 Å². The smallest absolute Gasteiger partial charge is 0.135 e. The fourth-order valence-corrected chi connectivity index (χ4v) is 7.44. The van der Waals surface area contributed by atoms with E-state index in [1.165, 1.54) is 11.1 Å². The van der Waals surface area contributed by atoms with Gasteiger partial charge >= 0.3 is 0 Å². The van der Waals surface area contributed by atoms with Crippen molar-refractivity contribution in [2.75, 3.05) is 39.9 Å². The molecule has 2 aliphatic heterocycles. The molecule has 0 aromatic heterocycles. The molecule has 353 valence electrons. The quantitative estimate of drug-likeness (QED) is 0.0778. The molecule has 0 spiro atoms. The van der Waals surface area contributed by atoms with Gasteiger partial charge in [0.1, 0.15) is 11.7 Å². The zero-order valence-electron chi connectivity index (χ0n) is 41.3. The van der Waals surface area contributed by atoms with Crippen LogP contribution in [0.4, 0.5) is 0 Å². The maximum atomic E-state index is 6.09. The Balaban J connectivity index is 0.000000578. The van der Waals surface area contributed by atoms with Crippen molar-refractivity contribution in [1.82, 2.24) is 14.9 Å². The van der Waals surface area contributed by atoms with E-state index in [0.29, 0.717) is 42.9 Å². The minimum absolute atomic E-state index is 0. The molecule has 1 radical (unpaired) electrons. The van der Waals surface area contributed by atoms with Gasteiger partial charge in [-0.25, -0.2) is 10.0 Å². The van der Waals surface area contributed by atoms with E-state index in [1.54, 1.807) is 0 Å². The van der Waals surface area contributed by atoms with Crippen LogP contribution in [0.25, 0.3) is 0 Å². The number of rotatable bonds is 11. The second-order valence-corrected chi connectivity index (χ2v) is 15.5. The number of nitrogens with zero attached hydrogens (tertiary/aromatic N) is 7. The van der Waals surface area contributed by atoms with Crippen LogP contribution in [0.2, 0.25) is 10.0 Å². The normalized spacial score (nSPS) is 17.4. The predicted octanol–water partition coefficient (Wildman–Crippen LogP) is 12.2. The van der Waals surface area contributed by atoms with Crippen LogP contribution in [0.1, 0.15) is 96.0 Å². The SMILES string of the molecule is CC.CC.CC.CCN(C)CN=C(CN)N1N=C(c2ccccc2)C(C)(c2ccccc2)C1C.NCC(=NCc1ccc(Cl)cc1)N1CC(c2ccccc2)C(c2ccc(Cl)cc2)=N1.[CH3-].[Y]. The van der Waals surface area contributed by atoms with Crippen LogP contribution in [0.5, 0.6) is 0 Å². The topological polar surface area (TPSA) is 111 Å². The third-order valence-corrected chi connectivity index (χ3v) is 11.4. The van der Waals surface area contributed by atoms with E-state index >= 15 is 0 Å². The van der Waals surface area contributed by atoms with Crippen LogP contribution >= 0.6 is 23.2 Å². The summed E-state index contributed by atoms with van der Waals surface area (Å²) in [5, 5.41) is 15.4. The number of benzene rings is 5. The van der Waals surface area contributed by atoms with E-state index in [0.717, 1.165) is 46.3 Å². The molecule has 12 heteroatoms. The Morgan fingerprint density at radius 1 is 0.697 bits per heavy atom. The third kappa shape index (κ3) is 16.0. The fourth-order valence-electron chi connectivity index (χ4n) is 7.19. The Labute approximate surface area is 433 Å². The van der Waals surface area contributed by atoms with E-state index in [1.807, 2.05) is 112 Å². The van der Waals surface area contributed by atoms with Gasteiger partial charge in [-0.15, -0.1) is 0 Å². The first-order valence-corrected chi connectivity index (χ1v) is 23.5. The van der Waals surface area contributed by atoms with E-state index in [9.17, 15) is 0 Å². The molecule has 0 saturated carbocycles. The average Bonchev–Trinajstić information content (AvgIpc) is 3.92. The van der Waals surface area contributed by atoms with Crippen molar-refractivity contribution in [3.05, 3.63) is 185 Å². The van der Waals surface area contributed by atoms with E-state index in [2.05, 4.69) is 112 Å². The predicted molar refractivity (Wildman–Crippen MR) is 284 cm³/mol. The van der Waals surface area contributed by atoms with Crippen molar-refractivity contribution < 1.29 is 32.7 Å². The summed E-state index contributed by atoms with van der Waals surface area (Å²) in [5.41, 5.74) is 19.6. The van der Waals surface area contributed by atoms with Crippen LogP contribution < -0.4 is 11.5 Å². The minimum Gasteiger partial charge on any atom is -0.358 e. The zero-order chi connectivity index (χ0) is 47.1. The molecule has 2 heterocycles. The minimum atomic E-state index is -0.269. The van der Waals surface area contributed by atoms with Crippen LogP contribution in [-0.2, 0) is 44.7 Å². The largest absolute Gasteiger partial charge is 0.358 e. The Bertz CT molecular complexity index is 2200. The molecule has 0 fully saturated rings. The zero-order valence-corrected chi connectivity index (χ0v) is 45.6. The van der Waals surface area contributed by atoms with Gasteiger partial charge in [0.2, 0.25) is 0 Å². The van der Waals surface area contributed by atoms with Gasteiger partial charge in [-0.3, -0.25) is 14.9 Å². The molecular formula is C54H74Cl2N9Y-. The molecular weight excluding hydrogens is 934 g/mol. The maximum absolute atomic E-state index is 6.09. The molecule has 0 amide bonds. The number of nitrogens with two attached hydrogens (primary N) is 2. The van der Waals surface area contributed by atoms with Crippen LogP contribution in [0.3, 0.4) is 0 Å². The molecule has 9 nitrogen and oxygen atoms in total. The fraction of sp³-hybridized carbons (Fsp3) is 0.352. The van der Waals surface area contributed by atoms with E-state index < -0.39 is 0 Å². The van der Waals surface area contributed by atoms with Crippen molar-refractivity contribution >= 4 is 46.3 Å². The second kappa shape index (κ2) is 31.8. The van der Waals surface area contributed by atoms with Crippen LogP contribution in [0.15, 0.2) is 160 Å². The molecule has 0 saturated heterocycles. The van der Waals surface area contributed by atoms with E-state index in [-0.39, 0.29) is 57.5 Å². The van der Waals surface area contributed by atoms with Crippen molar-refractivity contribution in [3.8, 4) is 0 Å². The summed E-state index contributed by atoms with van der Waals surface area (Å²) < 4.78 is 0. The summed E-state index contributed by atoms with van der Waals surface area (Å²) in [6.07, 6.45) is 0. The molecule has 3 unspecified atom stereocenters. The van der Waals surface area contributed by atoms with Gasteiger partial charge in [0.15, 0.2) is 0 Å². The van der Waals surface area contributed by atoms with Gasteiger partial charge < -0.3 is 18.9 Å². The van der Waals surface area contributed by atoms with Gasteiger partial charge in [0.05, 0.1) is 55.7 Å². The molecule has 3 atom stereocenters. The number of aliphatic imine (C=N–C) groups is 2. The number of hydrogen-bond acceptors (Lipinski definition) is 7. The first-order chi connectivity index (χ1) is 31.2. The average molecular weight is 1010 g/mol. The summed E-state index contributed by atoms with van der Waals surface area (Å²) in [5.74, 6) is 1.70. The Morgan fingerprint density at radius 2 is 1.20 bits per heavy atom. The monoisotopic (exact) mass is 1010 g/mol. The van der Waals surface area contributed by atoms with Gasteiger partial charge in [-0.05, 0) is 79.5 Å². The summed E-state index contributed by atoms with van der Waals surface area (Å²) in [6.45, 7) is 22.0. The first kappa shape index (κ1) is 60.0. The number of hydrazone groups is 2. The van der Waals surface area contributed by atoms with Gasteiger partial charge in [0.25, 0.3) is 0 Å². The number of halogens is 2. The molecule has 66 heavy (non-hydrogen) atoms. The van der Waals surface area contributed by atoms with Gasteiger partial charge in [0, 0.05) is 48.7 Å². The molecule has 0 bridgehead atoms. The van der Waals surface area contributed by atoms with Crippen LogP contribution in [-0.4, -0.2) is 83.9 Å². The Kier molecular flexibility index (Phi) is 28.9. The molecule has 5 aromatic carbocycles. The Hall–Kier alpha value is -4.06. The maximum Gasteiger partial charge on any atom is 0.135 e. The molecule has 7 rings (SSSR count). The van der Waals surface area contributed by atoms with Crippen molar-refractivity contribution in [2.45, 2.75) is 86.2 Å². The summed E-state index contributed by atoms with van der Waals surface area (Å²) in [4.78, 5) is 11.7. The summed E-state index contributed by atoms with van der Waals surface area (Å²) in [7, 11) is 2.05. The molecule has 0 aliphatic carbocycles. The molecule has 4 N–H and O–H groups in total. The van der Waals surface area contributed by atoms with Gasteiger partial charge in [-0.2, -0.15) is 10.2 Å². The van der Waals surface area contributed by atoms with Crippen molar-refractivity contribution in [2.24, 2.45) is 31.7 Å². The second-order valence-electron chi connectivity index (χ2n) is 14.6. The summed E-state index contributed by atoms with van der Waals surface area (Å²) >= 11 is 12.1. The number of hydrogen-bond donors (Lipinski definition) is 2. The number of amidine groups is 2. The van der Waals surface area contributed by atoms with E-state index in [4.69, 9.17) is 54.9 Å². The van der Waals surface area contributed by atoms with Crippen molar-refractivity contribution in [3.63, 3.8) is 0 Å². The van der Waals surface area contributed by atoms with Crippen molar-refractivity contribution in [1.29, 1.82) is 0 Å². The summed E-state index contributed by atoms with van der Waals surface area (Å²) in [6, 6.07) is 47.0. The van der Waals surface area contributed by atoms with Crippen LogP contribution in [0, 0.1) is 7.43 Å².